The third-order valence-corrected chi connectivity index (χ3v) is 6.55. The standard InChI is InChI=1S/C23H34BNO8/c1-22(2)23(3,4)33-24(32-22)17(14-21(27)29-6)16-7-8-18(19(13-16)28-5)31-15-20(26)25-9-11-30-12-10-25/h7-8,13,17H,9-12,14-15H2,1-6H3. The maximum absolute atomic E-state index is 12.4. The molecule has 0 N–H and O–H groups in total. The van der Waals surface area contributed by atoms with Gasteiger partial charge in [0.2, 0.25) is 0 Å². The minimum absolute atomic E-state index is 0.0756. The lowest BCUT2D eigenvalue weighted by molar-refractivity contribution is -0.141. The average Bonchev–Trinajstić information content (AvgIpc) is 3.02. The van der Waals surface area contributed by atoms with Crippen LogP contribution >= 0.6 is 0 Å². The zero-order valence-electron chi connectivity index (χ0n) is 20.3. The second-order valence-electron chi connectivity index (χ2n) is 9.20. The molecule has 1 unspecified atom stereocenters. The van der Waals surface area contributed by atoms with Crippen LogP contribution in [0.25, 0.3) is 0 Å². The minimum atomic E-state index is -0.645. The molecular formula is C23H34BNO8. The molecule has 2 saturated heterocycles. The lowest BCUT2D eigenvalue weighted by Crippen LogP contribution is -2.43. The fourth-order valence-electron chi connectivity index (χ4n) is 3.76. The Bertz CT molecular complexity index is 837. The van der Waals surface area contributed by atoms with E-state index in [1.54, 1.807) is 17.0 Å². The van der Waals surface area contributed by atoms with Crippen molar-refractivity contribution in [2.75, 3.05) is 47.1 Å². The Hall–Kier alpha value is -2.30. The fraction of sp³-hybridized carbons (Fsp3) is 0.652. The fourth-order valence-corrected chi connectivity index (χ4v) is 3.76. The number of esters is 1. The second-order valence-corrected chi connectivity index (χ2v) is 9.20. The summed E-state index contributed by atoms with van der Waals surface area (Å²) < 4.78 is 33.9. The Morgan fingerprint density at radius 1 is 1.06 bits per heavy atom. The van der Waals surface area contributed by atoms with Gasteiger partial charge in [-0.3, -0.25) is 9.59 Å². The summed E-state index contributed by atoms with van der Waals surface area (Å²) in [7, 11) is 2.24. The highest BCUT2D eigenvalue weighted by Gasteiger charge is 2.54. The van der Waals surface area contributed by atoms with Crippen LogP contribution in [0.5, 0.6) is 11.5 Å². The van der Waals surface area contributed by atoms with Gasteiger partial charge in [0.25, 0.3) is 5.91 Å². The van der Waals surface area contributed by atoms with Gasteiger partial charge in [-0.05, 0) is 45.4 Å². The van der Waals surface area contributed by atoms with Gasteiger partial charge in [-0.2, -0.15) is 0 Å². The quantitative estimate of drug-likeness (QED) is 0.428. The lowest BCUT2D eigenvalue weighted by atomic mass is 9.66. The molecule has 2 aliphatic rings. The molecule has 0 aromatic heterocycles. The molecule has 0 bridgehead atoms. The first-order valence-corrected chi connectivity index (χ1v) is 11.2. The van der Waals surface area contributed by atoms with E-state index in [0.29, 0.717) is 37.8 Å². The van der Waals surface area contributed by atoms with Crippen molar-refractivity contribution in [2.24, 2.45) is 0 Å². The molecule has 3 rings (SSSR count). The molecular weight excluding hydrogens is 429 g/mol. The predicted molar refractivity (Wildman–Crippen MR) is 121 cm³/mol. The van der Waals surface area contributed by atoms with E-state index in [4.69, 9.17) is 28.3 Å². The molecule has 1 aromatic carbocycles. The van der Waals surface area contributed by atoms with Crippen molar-refractivity contribution < 1.29 is 37.8 Å². The highest BCUT2D eigenvalue weighted by Crippen LogP contribution is 2.43. The van der Waals surface area contributed by atoms with Crippen LogP contribution in [0.4, 0.5) is 0 Å². The third kappa shape index (κ3) is 5.80. The van der Waals surface area contributed by atoms with Gasteiger partial charge in [-0.25, -0.2) is 0 Å². The van der Waals surface area contributed by atoms with E-state index < -0.39 is 24.1 Å². The molecule has 182 valence electrons. The number of amides is 1. The molecule has 2 fully saturated rings. The third-order valence-electron chi connectivity index (χ3n) is 6.55. The number of carbonyl (C=O) groups is 2. The van der Waals surface area contributed by atoms with Gasteiger partial charge < -0.3 is 33.2 Å². The van der Waals surface area contributed by atoms with E-state index in [9.17, 15) is 9.59 Å². The Labute approximate surface area is 195 Å². The summed E-state index contributed by atoms with van der Waals surface area (Å²) in [5, 5.41) is 0. The first-order chi connectivity index (χ1) is 15.6. The number of methoxy groups -OCH3 is 2. The SMILES string of the molecule is COC(=O)CC(B1OC(C)(C)C(C)(C)O1)c1ccc(OCC(=O)N2CCOCC2)c(OC)c1. The molecule has 33 heavy (non-hydrogen) atoms. The van der Waals surface area contributed by atoms with Gasteiger partial charge in [-0.1, -0.05) is 6.07 Å². The topological polar surface area (TPSA) is 92.8 Å². The van der Waals surface area contributed by atoms with E-state index in [1.165, 1.54) is 14.2 Å². The maximum Gasteiger partial charge on any atom is 0.466 e. The van der Waals surface area contributed by atoms with Crippen LogP contribution in [0.1, 0.15) is 45.5 Å². The molecule has 0 aliphatic carbocycles. The Balaban J connectivity index is 1.78. The largest absolute Gasteiger partial charge is 0.493 e. The zero-order chi connectivity index (χ0) is 24.2. The Morgan fingerprint density at radius 2 is 1.70 bits per heavy atom. The van der Waals surface area contributed by atoms with Crippen LogP contribution < -0.4 is 9.47 Å². The van der Waals surface area contributed by atoms with Crippen molar-refractivity contribution in [3.63, 3.8) is 0 Å². The lowest BCUT2D eigenvalue weighted by Gasteiger charge is -2.32. The maximum atomic E-state index is 12.4. The van der Waals surface area contributed by atoms with Crippen LogP contribution in [0.15, 0.2) is 18.2 Å². The van der Waals surface area contributed by atoms with E-state index in [0.717, 1.165) is 5.56 Å². The van der Waals surface area contributed by atoms with Crippen molar-refractivity contribution in [3.05, 3.63) is 23.8 Å². The van der Waals surface area contributed by atoms with E-state index >= 15 is 0 Å². The second kappa shape index (κ2) is 10.3. The number of hydrogen-bond acceptors (Lipinski definition) is 8. The highest BCUT2D eigenvalue weighted by molar-refractivity contribution is 6.48. The summed E-state index contributed by atoms with van der Waals surface area (Å²) in [5.41, 5.74) is -0.305. The van der Waals surface area contributed by atoms with Crippen molar-refractivity contribution >= 4 is 19.0 Å². The highest BCUT2D eigenvalue weighted by atomic mass is 16.7. The monoisotopic (exact) mass is 463 g/mol. The van der Waals surface area contributed by atoms with Crippen LogP contribution in [0, 0.1) is 0 Å². The van der Waals surface area contributed by atoms with Gasteiger partial charge in [0, 0.05) is 18.9 Å². The summed E-state index contributed by atoms with van der Waals surface area (Å²) in [5.74, 6) is -0.00554. The Kier molecular flexibility index (Phi) is 7.92. The molecule has 10 heteroatoms. The van der Waals surface area contributed by atoms with Gasteiger partial charge in [0.1, 0.15) is 0 Å². The summed E-state index contributed by atoms with van der Waals surface area (Å²) in [6.07, 6.45) is 0.0756. The molecule has 1 amide bonds. The number of nitrogens with zero attached hydrogens (tertiary/aromatic N) is 1. The molecule has 1 aromatic rings. The minimum Gasteiger partial charge on any atom is -0.493 e. The molecule has 2 heterocycles. The number of ether oxygens (including phenoxy) is 4. The molecule has 2 aliphatic heterocycles. The first kappa shape index (κ1) is 25.3. The van der Waals surface area contributed by atoms with E-state index in [-0.39, 0.29) is 24.9 Å². The number of hydrogen-bond donors (Lipinski definition) is 0. The number of morpholine rings is 1. The predicted octanol–water partition coefficient (Wildman–Crippen LogP) is 2.21. The van der Waals surface area contributed by atoms with Gasteiger partial charge in [0.15, 0.2) is 18.1 Å². The summed E-state index contributed by atoms with van der Waals surface area (Å²) in [4.78, 5) is 26.3. The van der Waals surface area contributed by atoms with Crippen molar-refractivity contribution in [1.29, 1.82) is 0 Å². The number of benzene rings is 1. The molecule has 1 atom stereocenters. The summed E-state index contributed by atoms with van der Waals surface area (Å²) >= 11 is 0. The normalized spacial score (nSPS) is 20.3. The number of rotatable bonds is 8. The van der Waals surface area contributed by atoms with Crippen molar-refractivity contribution in [2.45, 2.75) is 51.1 Å². The smallest absolute Gasteiger partial charge is 0.466 e. The van der Waals surface area contributed by atoms with Crippen LogP contribution in [-0.4, -0.2) is 82.2 Å². The van der Waals surface area contributed by atoms with E-state index in [2.05, 4.69) is 0 Å². The van der Waals surface area contributed by atoms with Gasteiger partial charge in [0.05, 0.1) is 45.1 Å². The van der Waals surface area contributed by atoms with Crippen molar-refractivity contribution in [1.82, 2.24) is 4.90 Å². The number of carbonyl (C=O) groups excluding carboxylic acids is 2. The Morgan fingerprint density at radius 3 is 2.27 bits per heavy atom. The van der Waals surface area contributed by atoms with Gasteiger partial charge >= 0.3 is 13.1 Å². The van der Waals surface area contributed by atoms with Crippen LogP contribution in [0.3, 0.4) is 0 Å². The summed E-state index contributed by atoms with van der Waals surface area (Å²) in [6.45, 7) is 9.93. The molecule has 0 spiro atoms. The van der Waals surface area contributed by atoms with Crippen LogP contribution in [-0.2, 0) is 28.4 Å². The van der Waals surface area contributed by atoms with Crippen LogP contribution in [0.2, 0.25) is 0 Å². The van der Waals surface area contributed by atoms with Crippen molar-refractivity contribution in [3.8, 4) is 11.5 Å². The molecule has 0 saturated carbocycles. The van der Waals surface area contributed by atoms with Gasteiger partial charge in [-0.15, -0.1) is 0 Å². The first-order valence-electron chi connectivity index (χ1n) is 11.2. The van der Waals surface area contributed by atoms with E-state index in [1.807, 2.05) is 33.8 Å². The summed E-state index contributed by atoms with van der Waals surface area (Å²) in [6, 6.07) is 5.35. The molecule has 9 nitrogen and oxygen atoms in total. The average molecular weight is 463 g/mol. The zero-order valence-corrected chi connectivity index (χ0v) is 20.3. The molecule has 0 radical (unpaired) electrons.